The van der Waals surface area contributed by atoms with Crippen LogP contribution in [0, 0.1) is 13.8 Å². The number of carboxylic acid groups (broad SMARTS) is 1. The van der Waals surface area contributed by atoms with Crippen LogP contribution in [-0.2, 0) is 9.59 Å². The van der Waals surface area contributed by atoms with Gasteiger partial charge in [0.05, 0.1) is 11.7 Å². The van der Waals surface area contributed by atoms with E-state index in [1.165, 1.54) is 6.08 Å². The van der Waals surface area contributed by atoms with E-state index >= 15 is 0 Å². The van der Waals surface area contributed by atoms with E-state index in [2.05, 4.69) is 5.32 Å². The van der Waals surface area contributed by atoms with Crippen molar-refractivity contribution in [2.24, 2.45) is 0 Å². The minimum absolute atomic E-state index is 0.330. The summed E-state index contributed by atoms with van der Waals surface area (Å²) in [4.78, 5) is 23.2. The Kier molecular flexibility index (Phi) is 6.19. The van der Waals surface area contributed by atoms with Crippen LogP contribution in [0.2, 0.25) is 5.02 Å². The SMILES string of the molecule is Cc1cc(OCC(=O)N/C(=C/c2ccccc2)C(=O)[O-])cc(C)c1Cl. The average molecular weight is 359 g/mol. The Labute approximate surface area is 150 Å². The Morgan fingerprint density at radius 1 is 1.16 bits per heavy atom. The molecule has 0 saturated heterocycles. The molecule has 25 heavy (non-hydrogen) atoms. The van der Waals surface area contributed by atoms with Crippen molar-refractivity contribution in [2.75, 3.05) is 6.61 Å². The van der Waals surface area contributed by atoms with E-state index in [1.54, 1.807) is 42.5 Å². The van der Waals surface area contributed by atoms with Crippen LogP contribution in [0.1, 0.15) is 16.7 Å². The molecule has 0 aromatic heterocycles. The maximum absolute atomic E-state index is 12.0. The highest BCUT2D eigenvalue weighted by Crippen LogP contribution is 2.25. The first-order valence-corrected chi connectivity index (χ1v) is 7.92. The van der Waals surface area contributed by atoms with Crippen molar-refractivity contribution in [3.8, 4) is 5.75 Å². The summed E-state index contributed by atoms with van der Waals surface area (Å²) in [5.41, 5.74) is 1.96. The van der Waals surface area contributed by atoms with E-state index in [9.17, 15) is 14.7 Å². The highest BCUT2D eigenvalue weighted by Gasteiger charge is 2.09. The minimum Gasteiger partial charge on any atom is -0.543 e. The maximum Gasteiger partial charge on any atom is 0.262 e. The number of ether oxygens (including phenoxy) is 1. The number of carbonyl (C=O) groups is 2. The zero-order valence-electron chi connectivity index (χ0n) is 13.8. The van der Waals surface area contributed by atoms with Crippen LogP contribution in [0.5, 0.6) is 5.75 Å². The van der Waals surface area contributed by atoms with E-state index in [0.29, 0.717) is 16.3 Å². The molecule has 130 valence electrons. The summed E-state index contributed by atoms with van der Waals surface area (Å²) in [6.07, 6.45) is 1.32. The first kappa shape index (κ1) is 18.5. The summed E-state index contributed by atoms with van der Waals surface area (Å²) in [7, 11) is 0. The first-order chi connectivity index (χ1) is 11.9. The fraction of sp³-hybridized carbons (Fsp3) is 0.158. The molecule has 0 spiro atoms. The second-order valence-electron chi connectivity index (χ2n) is 5.46. The number of carbonyl (C=O) groups excluding carboxylic acids is 2. The summed E-state index contributed by atoms with van der Waals surface area (Å²) in [6.45, 7) is 3.33. The van der Waals surface area contributed by atoms with Crippen molar-refractivity contribution in [1.82, 2.24) is 5.32 Å². The largest absolute Gasteiger partial charge is 0.543 e. The lowest BCUT2D eigenvalue weighted by molar-refractivity contribution is -0.299. The Morgan fingerprint density at radius 2 is 1.76 bits per heavy atom. The van der Waals surface area contributed by atoms with Gasteiger partial charge in [0.2, 0.25) is 0 Å². The van der Waals surface area contributed by atoms with Gasteiger partial charge in [-0.15, -0.1) is 0 Å². The summed E-state index contributed by atoms with van der Waals surface area (Å²) in [5.74, 6) is -1.59. The molecule has 2 aromatic rings. The van der Waals surface area contributed by atoms with E-state index < -0.39 is 11.9 Å². The predicted octanol–water partition coefficient (Wildman–Crippen LogP) is 2.24. The minimum atomic E-state index is -1.48. The van der Waals surface area contributed by atoms with Crippen LogP contribution in [0.4, 0.5) is 0 Å². The van der Waals surface area contributed by atoms with E-state index in [0.717, 1.165) is 11.1 Å². The second-order valence-corrected chi connectivity index (χ2v) is 5.84. The molecule has 0 saturated carbocycles. The van der Waals surface area contributed by atoms with Crippen molar-refractivity contribution < 1.29 is 19.4 Å². The van der Waals surface area contributed by atoms with Gasteiger partial charge in [-0.3, -0.25) is 4.79 Å². The van der Waals surface area contributed by atoms with Crippen LogP contribution in [0.15, 0.2) is 48.2 Å². The van der Waals surface area contributed by atoms with Gasteiger partial charge in [0.1, 0.15) is 5.75 Å². The van der Waals surface area contributed by atoms with E-state index in [1.807, 2.05) is 13.8 Å². The van der Waals surface area contributed by atoms with Gasteiger partial charge in [0.25, 0.3) is 5.91 Å². The Balaban J connectivity index is 2.03. The molecule has 2 aromatic carbocycles. The molecule has 2 rings (SSSR count). The number of nitrogens with one attached hydrogen (secondary N) is 1. The van der Waals surface area contributed by atoms with Crippen LogP contribution in [-0.4, -0.2) is 18.5 Å². The standard InChI is InChI=1S/C19H18ClNO4/c1-12-8-15(9-13(2)18(12)20)25-11-17(22)21-16(19(23)24)10-14-6-4-3-5-7-14/h3-10H,11H2,1-2H3,(H,21,22)(H,23,24)/p-1/b16-10+. The van der Waals surface area contributed by atoms with Crippen molar-refractivity contribution in [3.63, 3.8) is 0 Å². The zero-order chi connectivity index (χ0) is 18.4. The Hall–Kier alpha value is -2.79. The van der Waals surface area contributed by atoms with Gasteiger partial charge >= 0.3 is 0 Å². The Morgan fingerprint density at radius 3 is 2.32 bits per heavy atom. The lowest BCUT2D eigenvalue weighted by atomic mass is 10.1. The molecule has 0 fully saturated rings. The molecule has 0 aliphatic carbocycles. The fourth-order valence-corrected chi connectivity index (χ4v) is 2.30. The van der Waals surface area contributed by atoms with Crippen molar-refractivity contribution in [1.29, 1.82) is 0 Å². The predicted molar refractivity (Wildman–Crippen MR) is 94.0 cm³/mol. The number of halogens is 1. The number of aliphatic carboxylic acids is 1. The number of rotatable bonds is 6. The summed E-state index contributed by atoms with van der Waals surface area (Å²) in [6, 6.07) is 12.2. The van der Waals surface area contributed by atoms with Gasteiger partial charge in [-0.25, -0.2) is 0 Å². The fourth-order valence-electron chi connectivity index (χ4n) is 2.19. The third kappa shape index (κ3) is 5.36. The summed E-state index contributed by atoms with van der Waals surface area (Å²) < 4.78 is 5.40. The second kappa shape index (κ2) is 8.35. The highest BCUT2D eigenvalue weighted by molar-refractivity contribution is 6.32. The third-order valence-corrected chi connectivity index (χ3v) is 3.98. The normalized spacial score (nSPS) is 11.1. The molecular formula is C19H17ClNO4-. The molecular weight excluding hydrogens is 342 g/mol. The quantitative estimate of drug-likeness (QED) is 0.803. The molecule has 5 nitrogen and oxygen atoms in total. The van der Waals surface area contributed by atoms with Crippen LogP contribution < -0.4 is 15.2 Å². The molecule has 0 aliphatic heterocycles. The van der Waals surface area contributed by atoms with Gasteiger partial charge in [-0.1, -0.05) is 41.9 Å². The van der Waals surface area contributed by atoms with E-state index in [-0.39, 0.29) is 12.3 Å². The van der Waals surface area contributed by atoms with Crippen molar-refractivity contribution in [2.45, 2.75) is 13.8 Å². The molecule has 6 heteroatoms. The van der Waals surface area contributed by atoms with Crippen LogP contribution in [0.3, 0.4) is 0 Å². The monoisotopic (exact) mass is 358 g/mol. The van der Waals surface area contributed by atoms with Gasteiger partial charge in [-0.2, -0.15) is 0 Å². The molecule has 0 aliphatic rings. The molecule has 0 unspecified atom stereocenters. The average Bonchev–Trinajstić information content (AvgIpc) is 2.58. The highest BCUT2D eigenvalue weighted by atomic mass is 35.5. The number of hydrogen-bond acceptors (Lipinski definition) is 4. The molecule has 0 atom stereocenters. The molecule has 0 radical (unpaired) electrons. The Bertz CT molecular complexity index is 792. The van der Waals surface area contributed by atoms with Gasteiger partial charge in [0.15, 0.2) is 6.61 Å². The molecule has 0 bridgehead atoms. The molecule has 1 amide bonds. The van der Waals surface area contributed by atoms with Gasteiger partial charge in [-0.05, 0) is 48.7 Å². The van der Waals surface area contributed by atoms with Gasteiger partial charge in [0, 0.05) is 5.02 Å². The summed E-state index contributed by atoms with van der Waals surface area (Å²) >= 11 is 6.08. The third-order valence-electron chi connectivity index (χ3n) is 3.38. The number of benzene rings is 2. The van der Waals surface area contributed by atoms with Gasteiger partial charge < -0.3 is 20.0 Å². The lowest BCUT2D eigenvalue weighted by Crippen LogP contribution is -2.37. The van der Waals surface area contributed by atoms with E-state index in [4.69, 9.17) is 16.3 Å². The molecule has 0 heterocycles. The number of aryl methyl sites for hydroxylation is 2. The molecule has 1 N–H and O–H groups in total. The lowest BCUT2D eigenvalue weighted by Gasteiger charge is -2.13. The summed E-state index contributed by atoms with van der Waals surface area (Å²) in [5, 5.41) is 14.1. The smallest absolute Gasteiger partial charge is 0.262 e. The van der Waals surface area contributed by atoms with Crippen molar-refractivity contribution >= 4 is 29.6 Å². The van der Waals surface area contributed by atoms with Crippen LogP contribution >= 0.6 is 11.6 Å². The van der Waals surface area contributed by atoms with Crippen LogP contribution in [0.25, 0.3) is 6.08 Å². The topological polar surface area (TPSA) is 78.5 Å². The number of hydrogen-bond donors (Lipinski definition) is 1. The maximum atomic E-state index is 12.0. The number of carboxylic acids is 1. The first-order valence-electron chi connectivity index (χ1n) is 7.54. The zero-order valence-corrected chi connectivity index (χ0v) is 14.6. The number of amides is 1. The van der Waals surface area contributed by atoms with Crippen molar-refractivity contribution in [3.05, 3.63) is 69.9 Å².